The van der Waals surface area contributed by atoms with Gasteiger partial charge >= 0.3 is 0 Å². The molecular weight excluding hydrogens is 164 g/mol. The molecule has 13 heavy (non-hydrogen) atoms. The van der Waals surface area contributed by atoms with Crippen LogP contribution in [0.5, 0.6) is 5.88 Å². The van der Waals surface area contributed by atoms with Crippen molar-refractivity contribution < 1.29 is 4.74 Å². The van der Waals surface area contributed by atoms with Crippen LogP contribution in [0.15, 0.2) is 18.3 Å². The van der Waals surface area contributed by atoms with Gasteiger partial charge in [0, 0.05) is 24.2 Å². The van der Waals surface area contributed by atoms with E-state index in [0.717, 1.165) is 19.0 Å². The third kappa shape index (κ3) is 1.65. The Morgan fingerprint density at radius 3 is 3.23 bits per heavy atom. The molecule has 2 rings (SSSR count). The van der Waals surface area contributed by atoms with Crippen LogP contribution in [0, 0.1) is 0 Å². The van der Waals surface area contributed by atoms with Gasteiger partial charge in [0.1, 0.15) is 0 Å². The molecule has 1 aliphatic heterocycles. The molecule has 0 bridgehead atoms. The molecule has 1 aromatic rings. The van der Waals surface area contributed by atoms with E-state index < -0.39 is 0 Å². The van der Waals surface area contributed by atoms with Crippen LogP contribution in [-0.4, -0.2) is 25.2 Å². The summed E-state index contributed by atoms with van der Waals surface area (Å²) in [7, 11) is 1.67. The minimum atomic E-state index is 0.573. The first-order chi connectivity index (χ1) is 6.42. The lowest BCUT2D eigenvalue weighted by atomic mass is 10.00. The van der Waals surface area contributed by atoms with Gasteiger partial charge in [-0.15, -0.1) is 0 Å². The van der Waals surface area contributed by atoms with Crippen molar-refractivity contribution >= 4 is 0 Å². The molecule has 1 atom stereocenters. The SMILES string of the molecule is COc1ncccc1[C@@H]1CCNC1. The summed E-state index contributed by atoms with van der Waals surface area (Å²) in [5, 5.41) is 3.34. The zero-order valence-corrected chi connectivity index (χ0v) is 7.79. The fraction of sp³-hybridized carbons (Fsp3) is 0.500. The van der Waals surface area contributed by atoms with Gasteiger partial charge in [-0.25, -0.2) is 4.98 Å². The standard InChI is InChI=1S/C10H14N2O/c1-13-10-9(3-2-5-12-10)8-4-6-11-7-8/h2-3,5,8,11H,4,6-7H2,1H3/t8-/m1/s1. The Morgan fingerprint density at radius 2 is 2.54 bits per heavy atom. The topological polar surface area (TPSA) is 34.1 Å². The number of pyridine rings is 1. The number of ether oxygens (including phenoxy) is 1. The molecule has 1 aromatic heterocycles. The van der Waals surface area contributed by atoms with Crippen LogP contribution >= 0.6 is 0 Å². The fourth-order valence-corrected chi connectivity index (χ4v) is 1.80. The normalized spacial score (nSPS) is 21.8. The zero-order valence-electron chi connectivity index (χ0n) is 7.79. The molecule has 0 radical (unpaired) electrons. The summed E-state index contributed by atoms with van der Waals surface area (Å²) < 4.78 is 5.22. The smallest absolute Gasteiger partial charge is 0.216 e. The molecule has 0 aromatic carbocycles. The molecule has 1 aliphatic rings. The summed E-state index contributed by atoms with van der Waals surface area (Å²) in [5.41, 5.74) is 1.23. The lowest BCUT2D eigenvalue weighted by Crippen LogP contribution is -2.09. The minimum absolute atomic E-state index is 0.573. The van der Waals surface area contributed by atoms with E-state index in [4.69, 9.17) is 4.74 Å². The molecule has 70 valence electrons. The Morgan fingerprint density at radius 1 is 1.62 bits per heavy atom. The van der Waals surface area contributed by atoms with Crippen molar-refractivity contribution in [2.45, 2.75) is 12.3 Å². The van der Waals surface area contributed by atoms with Gasteiger partial charge in [0.2, 0.25) is 5.88 Å². The number of methoxy groups -OCH3 is 1. The van der Waals surface area contributed by atoms with E-state index in [0.29, 0.717) is 5.92 Å². The van der Waals surface area contributed by atoms with E-state index in [2.05, 4.69) is 16.4 Å². The fourth-order valence-electron chi connectivity index (χ4n) is 1.80. The summed E-state index contributed by atoms with van der Waals surface area (Å²) >= 11 is 0. The zero-order chi connectivity index (χ0) is 9.10. The van der Waals surface area contributed by atoms with Gasteiger partial charge in [0.25, 0.3) is 0 Å². The Bertz CT molecular complexity index is 282. The highest BCUT2D eigenvalue weighted by Gasteiger charge is 2.20. The number of nitrogens with one attached hydrogen (secondary N) is 1. The molecule has 0 spiro atoms. The molecule has 0 aliphatic carbocycles. The maximum absolute atomic E-state index is 5.22. The van der Waals surface area contributed by atoms with E-state index in [1.807, 2.05) is 6.07 Å². The first-order valence-electron chi connectivity index (χ1n) is 4.61. The second-order valence-electron chi connectivity index (χ2n) is 3.29. The van der Waals surface area contributed by atoms with E-state index in [1.54, 1.807) is 13.3 Å². The van der Waals surface area contributed by atoms with Crippen molar-refractivity contribution in [2.24, 2.45) is 0 Å². The highest BCUT2D eigenvalue weighted by molar-refractivity contribution is 5.30. The Kier molecular flexibility index (Phi) is 2.45. The summed E-state index contributed by atoms with van der Waals surface area (Å²) in [5.74, 6) is 1.35. The second kappa shape index (κ2) is 3.75. The minimum Gasteiger partial charge on any atom is -0.481 e. The van der Waals surface area contributed by atoms with E-state index in [1.165, 1.54) is 12.0 Å². The first-order valence-corrected chi connectivity index (χ1v) is 4.61. The predicted molar refractivity (Wildman–Crippen MR) is 51.0 cm³/mol. The lowest BCUT2D eigenvalue weighted by Gasteiger charge is -2.11. The van der Waals surface area contributed by atoms with Crippen LogP contribution in [0.1, 0.15) is 17.9 Å². The predicted octanol–water partition coefficient (Wildman–Crippen LogP) is 1.17. The quantitative estimate of drug-likeness (QED) is 0.738. The molecule has 1 fully saturated rings. The number of hydrogen-bond donors (Lipinski definition) is 1. The summed E-state index contributed by atoms with van der Waals surface area (Å²) in [6.07, 6.45) is 2.95. The van der Waals surface area contributed by atoms with Crippen LogP contribution in [-0.2, 0) is 0 Å². The van der Waals surface area contributed by atoms with Crippen molar-refractivity contribution in [3.05, 3.63) is 23.9 Å². The van der Waals surface area contributed by atoms with Crippen LogP contribution in [0.25, 0.3) is 0 Å². The first kappa shape index (κ1) is 8.51. The van der Waals surface area contributed by atoms with Crippen LogP contribution in [0.4, 0.5) is 0 Å². The van der Waals surface area contributed by atoms with Crippen molar-refractivity contribution in [3.8, 4) is 5.88 Å². The van der Waals surface area contributed by atoms with Crippen LogP contribution in [0.2, 0.25) is 0 Å². The Labute approximate surface area is 78.1 Å². The van der Waals surface area contributed by atoms with Gasteiger partial charge in [-0.2, -0.15) is 0 Å². The van der Waals surface area contributed by atoms with Crippen molar-refractivity contribution in [2.75, 3.05) is 20.2 Å². The maximum atomic E-state index is 5.22. The van der Waals surface area contributed by atoms with E-state index >= 15 is 0 Å². The highest BCUT2D eigenvalue weighted by Crippen LogP contribution is 2.28. The van der Waals surface area contributed by atoms with Crippen LogP contribution in [0.3, 0.4) is 0 Å². The number of rotatable bonds is 2. The third-order valence-electron chi connectivity index (χ3n) is 2.49. The Hall–Kier alpha value is -1.09. The van der Waals surface area contributed by atoms with Gasteiger partial charge in [-0.1, -0.05) is 6.07 Å². The third-order valence-corrected chi connectivity index (χ3v) is 2.49. The van der Waals surface area contributed by atoms with E-state index in [-0.39, 0.29) is 0 Å². The molecule has 0 amide bonds. The van der Waals surface area contributed by atoms with Crippen molar-refractivity contribution in [1.29, 1.82) is 0 Å². The second-order valence-corrected chi connectivity index (χ2v) is 3.29. The summed E-state index contributed by atoms with van der Waals surface area (Å²) in [4.78, 5) is 4.19. The highest BCUT2D eigenvalue weighted by atomic mass is 16.5. The van der Waals surface area contributed by atoms with E-state index in [9.17, 15) is 0 Å². The van der Waals surface area contributed by atoms with Gasteiger partial charge in [-0.3, -0.25) is 0 Å². The maximum Gasteiger partial charge on any atom is 0.216 e. The number of aromatic nitrogens is 1. The van der Waals surface area contributed by atoms with Crippen LogP contribution < -0.4 is 10.1 Å². The molecule has 1 N–H and O–H groups in total. The largest absolute Gasteiger partial charge is 0.481 e. The number of hydrogen-bond acceptors (Lipinski definition) is 3. The molecule has 0 unspecified atom stereocenters. The molecule has 2 heterocycles. The summed E-state index contributed by atoms with van der Waals surface area (Å²) in [6, 6.07) is 4.07. The lowest BCUT2D eigenvalue weighted by molar-refractivity contribution is 0.389. The average Bonchev–Trinajstić information content (AvgIpc) is 2.70. The average molecular weight is 178 g/mol. The Balaban J connectivity index is 2.26. The number of nitrogens with zero attached hydrogens (tertiary/aromatic N) is 1. The van der Waals surface area contributed by atoms with Gasteiger partial charge in [-0.05, 0) is 19.0 Å². The van der Waals surface area contributed by atoms with Gasteiger partial charge < -0.3 is 10.1 Å². The monoisotopic (exact) mass is 178 g/mol. The van der Waals surface area contributed by atoms with Crippen molar-refractivity contribution in [3.63, 3.8) is 0 Å². The molecule has 1 saturated heterocycles. The summed E-state index contributed by atoms with van der Waals surface area (Å²) in [6.45, 7) is 2.14. The molecular formula is C10H14N2O. The molecule has 3 nitrogen and oxygen atoms in total. The van der Waals surface area contributed by atoms with Gasteiger partial charge in [0.05, 0.1) is 7.11 Å². The van der Waals surface area contributed by atoms with Crippen molar-refractivity contribution in [1.82, 2.24) is 10.3 Å². The van der Waals surface area contributed by atoms with Gasteiger partial charge in [0.15, 0.2) is 0 Å². The molecule has 0 saturated carbocycles. The molecule has 3 heteroatoms.